The number of carbonyl (C=O) groups is 1. The molecule has 9 heteroatoms. The summed E-state index contributed by atoms with van der Waals surface area (Å²) in [5.41, 5.74) is -1.11. The molecule has 4 rings (SSSR count). The van der Waals surface area contributed by atoms with E-state index in [-0.39, 0.29) is 29.5 Å². The fourth-order valence-electron chi connectivity index (χ4n) is 4.16. The van der Waals surface area contributed by atoms with E-state index in [4.69, 9.17) is 0 Å². The molecular formula is C22H19F3N4O2. The highest BCUT2D eigenvalue weighted by atomic mass is 19.4. The normalized spacial score (nSPS) is 15.7. The van der Waals surface area contributed by atoms with E-state index in [2.05, 4.69) is 19.9 Å². The molecule has 1 N–H and O–H groups in total. The molecule has 2 aromatic heterocycles. The Morgan fingerprint density at radius 3 is 2.32 bits per heavy atom. The number of hydrogen-bond donors (Lipinski definition) is 1. The molecule has 0 unspecified atom stereocenters. The first-order valence-electron chi connectivity index (χ1n) is 9.87. The van der Waals surface area contributed by atoms with Crippen LogP contribution in [-0.2, 0) is 11.6 Å². The molecule has 3 aromatic rings. The Bertz CT molecular complexity index is 1140. The van der Waals surface area contributed by atoms with Gasteiger partial charge in [-0.3, -0.25) is 9.59 Å². The molecule has 2 heterocycles. The highest BCUT2D eigenvalue weighted by Crippen LogP contribution is 2.45. The second-order valence-corrected chi connectivity index (χ2v) is 7.71. The van der Waals surface area contributed by atoms with Crippen molar-refractivity contribution < 1.29 is 18.0 Å². The number of alkyl halides is 3. The van der Waals surface area contributed by atoms with Crippen molar-refractivity contribution in [3.63, 3.8) is 0 Å². The Morgan fingerprint density at radius 1 is 1.06 bits per heavy atom. The first-order chi connectivity index (χ1) is 14.8. The molecule has 31 heavy (non-hydrogen) atoms. The van der Waals surface area contributed by atoms with Crippen LogP contribution in [0.3, 0.4) is 0 Å². The summed E-state index contributed by atoms with van der Waals surface area (Å²) in [5, 5.41) is 0. The van der Waals surface area contributed by atoms with Crippen LogP contribution in [-0.4, -0.2) is 25.7 Å². The Morgan fingerprint density at radius 2 is 1.71 bits per heavy atom. The molecule has 0 spiro atoms. The molecule has 0 radical (unpaired) electrons. The average Bonchev–Trinajstić information content (AvgIpc) is 3.23. The van der Waals surface area contributed by atoms with Crippen LogP contribution in [0, 0.1) is 0 Å². The summed E-state index contributed by atoms with van der Waals surface area (Å²) in [6.45, 7) is 0. The van der Waals surface area contributed by atoms with E-state index < -0.39 is 22.7 Å². The SMILES string of the molecule is O=C(CC1(c2ccc(C(F)(F)F)cc2)CCCC1)c1cc(=O)[nH]c(-c2ncccn2)n1. The van der Waals surface area contributed by atoms with Gasteiger partial charge in [0.15, 0.2) is 17.4 Å². The van der Waals surface area contributed by atoms with Gasteiger partial charge in [0.1, 0.15) is 5.69 Å². The molecule has 0 aliphatic heterocycles. The van der Waals surface area contributed by atoms with Gasteiger partial charge in [0.2, 0.25) is 0 Å². The van der Waals surface area contributed by atoms with E-state index in [9.17, 15) is 22.8 Å². The van der Waals surface area contributed by atoms with Crippen LogP contribution in [0.25, 0.3) is 11.6 Å². The first-order valence-corrected chi connectivity index (χ1v) is 9.87. The number of carbonyl (C=O) groups excluding carboxylic acids is 1. The van der Waals surface area contributed by atoms with Gasteiger partial charge in [0, 0.05) is 30.3 Å². The monoisotopic (exact) mass is 428 g/mol. The van der Waals surface area contributed by atoms with Gasteiger partial charge in [-0.05, 0) is 36.6 Å². The number of benzene rings is 1. The summed E-state index contributed by atoms with van der Waals surface area (Å²) < 4.78 is 38.8. The number of H-pyrrole nitrogens is 1. The molecule has 1 aliphatic carbocycles. The fourth-order valence-corrected chi connectivity index (χ4v) is 4.16. The second-order valence-electron chi connectivity index (χ2n) is 7.71. The lowest BCUT2D eigenvalue weighted by Gasteiger charge is -2.29. The topological polar surface area (TPSA) is 88.6 Å². The van der Waals surface area contributed by atoms with Gasteiger partial charge in [0.25, 0.3) is 5.56 Å². The van der Waals surface area contributed by atoms with E-state index in [1.807, 2.05) is 0 Å². The zero-order chi connectivity index (χ0) is 22.1. The molecule has 6 nitrogen and oxygen atoms in total. The number of Topliss-reactive ketones (excluding diaryl/α,β-unsaturated/α-hetero) is 1. The van der Waals surface area contributed by atoms with Crippen molar-refractivity contribution in [2.24, 2.45) is 0 Å². The smallest absolute Gasteiger partial charge is 0.304 e. The van der Waals surface area contributed by atoms with Crippen LogP contribution >= 0.6 is 0 Å². The Balaban J connectivity index is 1.64. The zero-order valence-electron chi connectivity index (χ0n) is 16.4. The van der Waals surface area contributed by atoms with E-state index in [0.29, 0.717) is 18.4 Å². The third-order valence-corrected chi connectivity index (χ3v) is 5.69. The van der Waals surface area contributed by atoms with Crippen LogP contribution in [0.1, 0.15) is 53.7 Å². The van der Waals surface area contributed by atoms with Crippen LogP contribution in [0.5, 0.6) is 0 Å². The first kappa shape index (κ1) is 20.9. The summed E-state index contributed by atoms with van der Waals surface area (Å²) in [7, 11) is 0. The molecule has 1 saturated carbocycles. The second kappa shape index (κ2) is 8.05. The van der Waals surface area contributed by atoms with Gasteiger partial charge in [-0.1, -0.05) is 25.0 Å². The maximum atomic E-state index is 13.1. The van der Waals surface area contributed by atoms with Gasteiger partial charge in [-0.15, -0.1) is 0 Å². The number of halogens is 3. The summed E-state index contributed by atoms with van der Waals surface area (Å²) in [6, 6.07) is 7.76. The van der Waals surface area contributed by atoms with E-state index in [1.165, 1.54) is 24.5 Å². The zero-order valence-corrected chi connectivity index (χ0v) is 16.4. The molecule has 0 atom stereocenters. The predicted molar refractivity (Wildman–Crippen MR) is 106 cm³/mol. The highest BCUT2D eigenvalue weighted by Gasteiger charge is 2.39. The van der Waals surface area contributed by atoms with Crippen LogP contribution < -0.4 is 5.56 Å². The van der Waals surface area contributed by atoms with E-state index in [0.717, 1.165) is 31.0 Å². The molecule has 1 aliphatic rings. The Labute approximate surface area is 175 Å². The minimum Gasteiger partial charge on any atom is -0.304 e. The number of hydrogen-bond acceptors (Lipinski definition) is 5. The van der Waals surface area contributed by atoms with Gasteiger partial charge >= 0.3 is 6.18 Å². The van der Waals surface area contributed by atoms with E-state index >= 15 is 0 Å². The van der Waals surface area contributed by atoms with Crippen LogP contribution in [0.15, 0.2) is 53.6 Å². The number of nitrogens with one attached hydrogen (secondary N) is 1. The van der Waals surface area contributed by atoms with Crippen molar-refractivity contribution in [3.05, 3.63) is 76.0 Å². The predicted octanol–water partition coefficient (Wildman–Crippen LogP) is 4.33. The summed E-state index contributed by atoms with van der Waals surface area (Å²) >= 11 is 0. The van der Waals surface area contributed by atoms with Gasteiger partial charge in [-0.2, -0.15) is 13.2 Å². The van der Waals surface area contributed by atoms with Crippen molar-refractivity contribution in [3.8, 4) is 11.6 Å². The summed E-state index contributed by atoms with van der Waals surface area (Å²) in [5.74, 6) is -0.0656. The fraction of sp³-hybridized carbons (Fsp3) is 0.318. The van der Waals surface area contributed by atoms with E-state index in [1.54, 1.807) is 6.07 Å². The minimum atomic E-state index is -4.41. The highest BCUT2D eigenvalue weighted by molar-refractivity contribution is 5.95. The Hall–Kier alpha value is -3.36. The molecule has 1 aromatic carbocycles. The third-order valence-electron chi connectivity index (χ3n) is 5.69. The number of rotatable bonds is 5. The molecule has 0 saturated heterocycles. The van der Waals surface area contributed by atoms with Crippen molar-refractivity contribution >= 4 is 5.78 Å². The lowest BCUT2D eigenvalue weighted by molar-refractivity contribution is -0.137. The van der Waals surface area contributed by atoms with Crippen molar-refractivity contribution in [2.45, 2.75) is 43.7 Å². The third kappa shape index (κ3) is 4.40. The number of aromatic nitrogens is 4. The van der Waals surface area contributed by atoms with Gasteiger partial charge in [-0.25, -0.2) is 15.0 Å². The van der Waals surface area contributed by atoms with Crippen molar-refractivity contribution in [1.29, 1.82) is 0 Å². The van der Waals surface area contributed by atoms with Crippen molar-refractivity contribution in [1.82, 2.24) is 19.9 Å². The average molecular weight is 428 g/mol. The van der Waals surface area contributed by atoms with Crippen LogP contribution in [0.4, 0.5) is 13.2 Å². The standard InChI is InChI=1S/C22H19F3N4O2/c23-22(24,25)15-6-4-14(5-7-15)21(8-1-2-9-21)13-17(30)16-12-18(31)29-20(28-16)19-26-10-3-11-27-19/h3-7,10-12H,1-2,8-9,13H2,(H,28,29,31). The quantitative estimate of drug-likeness (QED) is 0.611. The maximum absolute atomic E-state index is 13.1. The lowest BCUT2D eigenvalue weighted by atomic mass is 9.74. The minimum absolute atomic E-state index is 0.00982. The molecular weight excluding hydrogens is 409 g/mol. The number of ketones is 1. The molecule has 0 bridgehead atoms. The largest absolute Gasteiger partial charge is 0.416 e. The number of aromatic amines is 1. The maximum Gasteiger partial charge on any atom is 0.416 e. The lowest BCUT2D eigenvalue weighted by Crippen LogP contribution is -2.27. The van der Waals surface area contributed by atoms with Gasteiger partial charge in [0.05, 0.1) is 5.56 Å². The Kier molecular flexibility index (Phi) is 5.43. The van der Waals surface area contributed by atoms with Crippen molar-refractivity contribution in [2.75, 3.05) is 0 Å². The number of nitrogens with zero attached hydrogens (tertiary/aromatic N) is 3. The molecule has 1 fully saturated rings. The molecule has 0 amide bonds. The molecule has 160 valence electrons. The summed E-state index contributed by atoms with van der Waals surface area (Å²) in [4.78, 5) is 40.0. The summed E-state index contributed by atoms with van der Waals surface area (Å²) in [6.07, 6.45) is 1.75. The van der Waals surface area contributed by atoms with Crippen LogP contribution in [0.2, 0.25) is 0 Å². The van der Waals surface area contributed by atoms with Gasteiger partial charge < -0.3 is 4.98 Å².